The molecule has 0 spiro atoms. The summed E-state index contributed by atoms with van der Waals surface area (Å²) in [7, 11) is 0. The van der Waals surface area contributed by atoms with E-state index < -0.39 is 0 Å². The van der Waals surface area contributed by atoms with Gasteiger partial charge in [-0.15, -0.1) is 0 Å². The lowest BCUT2D eigenvalue weighted by Gasteiger charge is -2.14. The van der Waals surface area contributed by atoms with Gasteiger partial charge in [-0.2, -0.15) is 0 Å². The number of amides is 1. The van der Waals surface area contributed by atoms with Gasteiger partial charge in [-0.25, -0.2) is 4.39 Å². The van der Waals surface area contributed by atoms with Crippen molar-refractivity contribution in [2.24, 2.45) is 0 Å². The number of carbonyl (C=O) groups is 1. The molecule has 0 aliphatic carbocycles. The highest BCUT2D eigenvalue weighted by atomic mass is 19.1. The second-order valence-corrected chi connectivity index (χ2v) is 5.84. The van der Waals surface area contributed by atoms with Gasteiger partial charge in [0.2, 0.25) is 5.91 Å². The van der Waals surface area contributed by atoms with Crippen molar-refractivity contribution in [2.75, 3.05) is 11.9 Å². The molecule has 0 heterocycles. The number of hydrogen-bond donors (Lipinski definition) is 3. The molecule has 0 radical (unpaired) electrons. The van der Waals surface area contributed by atoms with Crippen LogP contribution in [0.5, 0.6) is 0 Å². The zero-order valence-corrected chi connectivity index (χ0v) is 13.8. The number of benzene rings is 2. The number of anilines is 1. The predicted octanol–water partition coefficient (Wildman–Crippen LogP) is 2.87. The number of aliphatic hydroxyl groups is 1. The van der Waals surface area contributed by atoms with Gasteiger partial charge in [-0.1, -0.05) is 24.3 Å². The summed E-state index contributed by atoms with van der Waals surface area (Å²) in [6.07, 6.45) is 1.20. The molecule has 128 valence electrons. The molecule has 1 amide bonds. The first-order chi connectivity index (χ1) is 11.6. The zero-order valence-electron chi connectivity index (χ0n) is 13.8. The van der Waals surface area contributed by atoms with Gasteiger partial charge in [0, 0.05) is 18.2 Å². The Morgan fingerprint density at radius 3 is 2.33 bits per heavy atom. The molecule has 0 bridgehead atoms. The molecule has 1 unspecified atom stereocenters. The van der Waals surface area contributed by atoms with Crippen LogP contribution in [0, 0.1) is 5.82 Å². The lowest BCUT2D eigenvalue weighted by atomic mass is 10.1. The minimum atomic E-state index is -0.324. The first kappa shape index (κ1) is 18.1. The standard InChI is InChI=1S/C19H23FN2O2/c1-14(12-19(24)22-18-8-6-17(20)7-9-18)21-11-10-15-2-4-16(13-23)5-3-15/h2-9,14,21,23H,10-13H2,1H3,(H,22,24). The van der Waals surface area contributed by atoms with Gasteiger partial charge in [0.25, 0.3) is 0 Å². The van der Waals surface area contributed by atoms with Gasteiger partial charge < -0.3 is 15.7 Å². The fourth-order valence-corrected chi connectivity index (χ4v) is 2.37. The fraction of sp³-hybridized carbons (Fsp3) is 0.316. The van der Waals surface area contributed by atoms with E-state index in [2.05, 4.69) is 10.6 Å². The first-order valence-electron chi connectivity index (χ1n) is 8.04. The second-order valence-electron chi connectivity index (χ2n) is 5.84. The molecule has 2 aromatic carbocycles. The summed E-state index contributed by atoms with van der Waals surface area (Å²) in [5.41, 5.74) is 2.68. The van der Waals surface area contributed by atoms with Crippen LogP contribution in [0.25, 0.3) is 0 Å². The molecule has 24 heavy (non-hydrogen) atoms. The summed E-state index contributed by atoms with van der Waals surface area (Å²) in [5.74, 6) is -0.427. The predicted molar refractivity (Wildman–Crippen MR) is 93.2 cm³/mol. The largest absolute Gasteiger partial charge is 0.392 e. The van der Waals surface area contributed by atoms with Crippen molar-refractivity contribution in [3.8, 4) is 0 Å². The molecule has 1 atom stereocenters. The van der Waals surface area contributed by atoms with Gasteiger partial charge in [-0.3, -0.25) is 4.79 Å². The van der Waals surface area contributed by atoms with E-state index in [9.17, 15) is 9.18 Å². The summed E-state index contributed by atoms with van der Waals surface area (Å²) in [6, 6.07) is 13.6. The van der Waals surface area contributed by atoms with Crippen molar-refractivity contribution < 1.29 is 14.3 Å². The number of hydrogen-bond acceptors (Lipinski definition) is 3. The van der Waals surface area contributed by atoms with E-state index >= 15 is 0 Å². The van der Waals surface area contributed by atoms with Crippen molar-refractivity contribution >= 4 is 11.6 Å². The maximum absolute atomic E-state index is 12.8. The van der Waals surface area contributed by atoms with E-state index in [0.29, 0.717) is 12.1 Å². The van der Waals surface area contributed by atoms with Crippen LogP contribution in [-0.2, 0) is 17.8 Å². The Morgan fingerprint density at radius 1 is 1.08 bits per heavy atom. The number of rotatable bonds is 8. The first-order valence-corrected chi connectivity index (χ1v) is 8.04. The highest BCUT2D eigenvalue weighted by Gasteiger charge is 2.09. The van der Waals surface area contributed by atoms with E-state index in [1.165, 1.54) is 17.7 Å². The minimum Gasteiger partial charge on any atom is -0.392 e. The minimum absolute atomic E-state index is 0.0437. The Morgan fingerprint density at radius 2 is 1.71 bits per heavy atom. The topological polar surface area (TPSA) is 61.4 Å². The summed E-state index contributed by atoms with van der Waals surface area (Å²) in [5, 5.41) is 15.1. The summed E-state index contributed by atoms with van der Waals surface area (Å²) >= 11 is 0. The third-order valence-corrected chi connectivity index (χ3v) is 3.73. The van der Waals surface area contributed by atoms with Crippen molar-refractivity contribution in [2.45, 2.75) is 32.4 Å². The number of aliphatic hydroxyl groups excluding tert-OH is 1. The number of carbonyl (C=O) groups excluding carboxylic acids is 1. The molecular weight excluding hydrogens is 307 g/mol. The van der Waals surface area contributed by atoms with Crippen LogP contribution in [0.15, 0.2) is 48.5 Å². The molecule has 2 rings (SSSR count). The number of halogens is 1. The fourth-order valence-electron chi connectivity index (χ4n) is 2.37. The van der Waals surface area contributed by atoms with Crippen LogP contribution in [0.1, 0.15) is 24.5 Å². The Balaban J connectivity index is 1.69. The normalized spacial score (nSPS) is 12.0. The quantitative estimate of drug-likeness (QED) is 0.697. The molecule has 2 aromatic rings. The zero-order chi connectivity index (χ0) is 17.4. The number of nitrogens with one attached hydrogen (secondary N) is 2. The Labute approximate surface area is 141 Å². The van der Waals surface area contributed by atoms with Crippen molar-refractivity contribution in [1.82, 2.24) is 5.32 Å². The second kappa shape index (κ2) is 9.15. The average molecular weight is 330 g/mol. The van der Waals surface area contributed by atoms with E-state index in [4.69, 9.17) is 5.11 Å². The molecule has 5 heteroatoms. The van der Waals surface area contributed by atoms with Crippen LogP contribution in [0.2, 0.25) is 0 Å². The Bertz CT molecular complexity index is 641. The van der Waals surface area contributed by atoms with Crippen LogP contribution < -0.4 is 10.6 Å². The van der Waals surface area contributed by atoms with Crippen LogP contribution >= 0.6 is 0 Å². The molecule has 0 fully saturated rings. The van der Waals surface area contributed by atoms with E-state index in [1.54, 1.807) is 12.1 Å². The summed E-state index contributed by atoms with van der Waals surface area (Å²) < 4.78 is 12.8. The van der Waals surface area contributed by atoms with Gasteiger partial charge >= 0.3 is 0 Å². The van der Waals surface area contributed by atoms with Crippen molar-refractivity contribution in [1.29, 1.82) is 0 Å². The molecule has 0 aliphatic heterocycles. The van der Waals surface area contributed by atoms with E-state index in [1.807, 2.05) is 31.2 Å². The highest BCUT2D eigenvalue weighted by Crippen LogP contribution is 2.09. The average Bonchev–Trinajstić information content (AvgIpc) is 2.57. The lowest BCUT2D eigenvalue weighted by molar-refractivity contribution is -0.116. The summed E-state index contributed by atoms with van der Waals surface area (Å²) in [4.78, 5) is 11.9. The SMILES string of the molecule is CC(CC(=O)Nc1ccc(F)cc1)NCCc1ccc(CO)cc1. The summed E-state index contributed by atoms with van der Waals surface area (Å²) in [6.45, 7) is 2.78. The van der Waals surface area contributed by atoms with Crippen LogP contribution in [0.4, 0.5) is 10.1 Å². The van der Waals surface area contributed by atoms with Gasteiger partial charge in [0.15, 0.2) is 0 Å². The molecule has 3 N–H and O–H groups in total. The van der Waals surface area contributed by atoms with Crippen LogP contribution in [0.3, 0.4) is 0 Å². The maximum Gasteiger partial charge on any atom is 0.225 e. The van der Waals surface area contributed by atoms with E-state index in [0.717, 1.165) is 18.5 Å². The molecule has 0 aliphatic rings. The van der Waals surface area contributed by atoms with Crippen LogP contribution in [-0.4, -0.2) is 23.6 Å². The molecule has 0 saturated carbocycles. The Kier molecular flexibility index (Phi) is 6.90. The smallest absolute Gasteiger partial charge is 0.225 e. The maximum atomic E-state index is 12.8. The van der Waals surface area contributed by atoms with Crippen molar-refractivity contribution in [3.63, 3.8) is 0 Å². The third kappa shape index (κ3) is 6.10. The van der Waals surface area contributed by atoms with E-state index in [-0.39, 0.29) is 24.4 Å². The van der Waals surface area contributed by atoms with Gasteiger partial charge in [-0.05, 0) is 55.3 Å². The molecule has 0 aromatic heterocycles. The third-order valence-electron chi connectivity index (χ3n) is 3.73. The Hall–Kier alpha value is -2.24. The lowest BCUT2D eigenvalue weighted by Crippen LogP contribution is -2.32. The molecule has 4 nitrogen and oxygen atoms in total. The molecule has 0 saturated heterocycles. The van der Waals surface area contributed by atoms with Gasteiger partial charge in [0.1, 0.15) is 5.82 Å². The van der Waals surface area contributed by atoms with Crippen molar-refractivity contribution in [3.05, 3.63) is 65.5 Å². The van der Waals surface area contributed by atoms with Gasteiger partial charge in [0.05, 0.1) is 6.61 Å². The molecular formula is C19H23FN2O2. The monoisotopic (exact) mass is 330 g/mol. The highest BCUT2D eigenvalue weighted by molar-refractivity contribution is 5.91.